The van der Waals surface area contributed by atoms with Gasteiger partial charge in [-0.15, -0.1) is 0 Å². The normalized spacial score (nSPS) is 9.25. The molecule has 0 unspecified atom stereocenters. The molecule has 0 aromatic carbocycles. The Hall–Kier alpha value is 0. The van der Waals surface area contributed by atoms with Gasteiger partial charge in [0.2, 0.25) is 0 Å². The molecule has 0 radical (unpaired) electrons. The van der Waals surface area contributed by atoms with Gasteiger partial charge in [0.25, 0.3) is 0 Å². The Morgan fingerprint density at radius 2 is 1.00 bits per heavy atom. The van der Waals surface area contributed by atoms with E-state index >= 15 is 0 Å². The Kier molecular flexibility index (Phi) is 28.0. The third-order valence-electron chi connectivity index (χ3n) is 0. The van der Waals surface area contributed by atoms with Crippen LogP contribution in [-0.4, -0.2) is 0 Å². The minimum Gasteiger partial charge on any atom is -0.0683 e. The van der Waals surface area contributed by atoms with Crippen LogP contribution in [-0.2, 0) is 0 Å². The molecule has 0 aliphatic rings. The topological polar surface area (TPSA) is 0 Å². The molecule has 0 atom stereocenters. The highest BCUT2D eigenvalue weighted by Crippen LogP contribution is 1.81. The summed E-state index contributed by atoms with van der Waals surface area (Å²) in [7, 11) is 0. The van der Waals surface area contributed by atoms with Crippen LogP contribution in [0.2, 0.25) is 0 Å². The third kappa shape index (κ3) is 0. The van der Waals surface area contributed by atoms with Crippen molar-refractivity contribution >= 4 is 0 Å². The van der Waals surface area contributed by atoms with Crippen molar-refractivity contribution < 1.29 is 2.74 Å². The molecular formula is C8H22. The lowest BCUT2D eigenvalue weighted by atomic mass is 10.3. The van der Waals surface area contributed by atoms with E-state index in [0.29, 0.717) is 13.8 Å². The summed E-state index contributed by atoms with van der Waals surface area (Å²) in [5.74, 6) is 0.833. The third-order valence-corrected chi connectivity index (χ3v) is 0. The second-order valence-electron chi connectivity index (χ2n) is 1.73. The fourth-order valence-corrected chi connectivity index (χ4v) is 0. The van der Waals surface area contributed by atoms with E-state index in [0.717, 1.165) is 5.92 Å². The summed E-state index contributed by atoms with van der Waals surface area (Å²) >= 11 is 0. The lowest BCUT2D eigenvalue weighted by Gasteiger charge is -1.79. The average Bonchev–Trinajstić information content (AvgIpc) is 1.65. The van der Waals surface area contributed by atoms with Crippen molar-refractivity contribution in [1.82, 2.24) is 0 Å². The summed E-state index contributed by atoms with van der Waals surface area (Å²) in [6.45, 7) is 11.1. The van der Waals surface area contributed by atoms with Gasteiger partial charge in [-0.3, -0.25) is 0 Å². The lowest BCUT2D eigenvalue weighted by Crippen LogP contribution is -1.66. The molecule has 54 valence electrons. The largest absolute Gasteiger partial charge is 0.0683 e. The smallest absolute Gasteiger partial charge is 0.0228 e. The fourth-order valence-electron chi connectivity index (χ4n) is 0. The molecule has 0 saturated heterocycles. The quantitative estimate of drug-likeness (QED) is 0.459. The Morgan fingerprint density at radius 1 is 1.00 bits per heavy atom. The number of rotatable bonds is 0. The van der Waals surface area contributed by atoms with Gasteiger partial charge in [0.05, 0.1) is 0 Å². The van der Waals surface area contributed by atoms with Crippen molar-refractivity contribution in [3.8, 4) is 0 Å². The molecule has 0 heteroatoms. The second-order valence-corrected chi connectivity index (χ2v) is 1.73. The van der Waals surface area contributed by atoms with E-state index in [1.807, 2.05) is 0 Å². The summed E-state index contributed by atoms with van der Waals surface area (Å²) in [4.78, 5) is 0. The minimum absolute atomic E-state index is 0.500. The number of hydrogen-bond donors (Lipinski definition) is 0. The van der Waals surface area contributed by atoms with Crippen LogP contribution >= 0.6 is 0 Å². The molecule has 0 spiro atoms. The summed E-state index contributed by atoms with van der Waals surface area (Å²) in [6.07, 6.45) is 0. The highest BCUT2D eigenvalue weighted by molar-refractivity contribution is 4.20. The van der Waals surface area contributed by atoms with E-state index < -0.39 is 0 Å². The zero-order valence-corrected chi connectivity index (χ0v) is 6.99. The van der Waals surface area contributed by atoms with Crippen LogP contribution in [0, 0.1) is 5.92 Å². The lowest BCUT2D eigenvalue weighted by molar-refractivity contribution is 0.737. The Balaban J connectivity index is -0.0000000750. The summed E-state index contributed by atoms with van der Waals surface area (Å²) in [6, 6.07) is 0. The van der Waals surface area contributed by atoms with Gasteiger partial charge in [-0.25, -0.2) is 0 Å². The first-order valence-electron chi connectivity index (χ1n) is 4.56. The summed E-state index contributed by atoms with van der Waals surface area (Å²) in [5, 5.41) is 0. The van der Waals surface area contributed by atoms with E-state index in [4.69, 9.17) is 2.74 Å². The molecule has 0 rings (SSSR count). The van der Waals surface area contributed by atoms with Crippen LogP contribution < -0.4 is 0 Å². The Morgan fingerprint density at radius 3 is 1.00 bits per heavy atom. The minimum atomic E-state index is 0.500. The van der Waals surface area contributed by atoms with Crippen molar-refractivity contribution in [1.29, 1.82) is 0 Å². The van der Waals surface area contributed by atoms with E-state index in [2.05, 4.69) is 20.8 Å². The Bertz CT molecular complexity index is 23.7. The summed E-state index contributed by atoms with van der Waals surface area (Å²) in [5.41, 5.74) is 0. The average molecular weight is 122 g/mol. The molecule has 0 saturated carbocycles. The number of hydrogen-bond acceptors (Lipinski definition) is 0. The van der Waals surface area contributed by atoms with Crippen LogP contribution in [0.15, 0.2) is 0 Å². The first-order chi connectivity index (χ1) is 4.56. The molecular weight excluding hydrogens is 96.1 g/mol. The standard InChI is InChI=1S/C4H10.2C2H6/c1-4(2)3;2*1-2/h4H,1-3H3;2*1-2H3/i;2*1T. The molecule has 0 aliphatic heterocycles. The molecule has 0 nitrogen and oxygen atoms in total. The first-order valence-corrected chi connectivity index (χ1v) is 3.15. The van der Waals surface area contributed by atoms with Crippen LogP contribution in [0.3, 0.4) is 0 Å². The maximum absolute atomic E-state index is 6.21. The van der Waals surface area contributed by atoms with E-state index in [1.54, 1.807) is 13.8 Å². The maximum atomic E-state index is 6.21. The molecule has 0 aromatic rings. The molecule has 0 amide bonds. The molecule has 0 aromatic heterocycles. The summed E-state index contributed by atoms with van der Waals surface area (Å²) < 4.78 is 12.4. The molecule has 0 fully saturated rings. The van der Waals surface area contributed by atoms with E-state index in [-0.39, 0.29) is 0 Å². The van der Waals surface area contributed by atoms with Crippen LogP contribution in [0.1, 0.15) is 51.2 Å². The van der Waals surface area contributed by atoms with Crippen LogP contribution in [0.5, 0.6) is 0 Å². The van der Waals surface area contributed by atoms with E-state index in [1.165, 1.54) is 0 Å². The zero-order chi connectivity index (χ0) is 8.99. The predicted molar refractivity (Wildman–Crippen MR) is 43.2 cm³/mol. The van der Waals surface area contributed by atoms with Gasteiger partial charge in [-0.2, -0.15) is 0 Å². The van der Waals surface area contributed by atoms with Gasteiger partial charge < -0.3 is 0 Å². The molecule has 0 heterocycles. The van der Waals surface area contributed by atoms with E-state index in [9.17, 15) is 0 Å². The maximum Gasteiger partial charge on any atom is 0.0228 e. The van der Waals surface area contributed by atoms with Gasteiger partial charge in [0.15, 0.2) is 0 Å². The highest BCUT2D eigenvalue weighted by Gasteiger charge is 1.68. The van der Waals surface area contributed by atoms with Crippen LogP contribution in [0.25, 0.3) is 0 Å². The van der Waals surface area contributed by atoms with Crippen molar-refractivity contribution in [2.75, 3.05) is 0 Å². The predicted octanol–water partition coefficient (Wildman–Crippen LogP) is 3.71. The molecule has 0 aliphatic carbocycles. The molecule has 0 N–H and O–H groups in total. The van der Waals surface area contributed by atoms with Crippen molar-refractivity contribution in [2.24, 2.45) is 5.92 Å². The highest BCUT2D eigenvalue weighted by atomic mass is 13.7. The second kappa shape index (κ2) is 28.0. The molecule has 8 heavy (non-hydrogen) atoms. The Labute approximate surface area is 58.1 Å². The van der Waals surface area contributed by atoms with Crippen molar-refractivity contribution in [2.45, 2.75) is 48.4 Å². The molecule has 0 bridgehead atoms. The van der Waals surface area contributed by atoms with Crippen molar-refractivity contribution in [3.05, 3.63) is 0 Å². The first kappa shape index (κ1) is 8.00. The van der Waals surface area contributed by atoms with Crippen LogP contribution in [0.4, 0.5) is 0 Å². The monoisotopic (exact) mass is 122 g/mol. The van der Waals surface area contributed by atoms with Gasteiger partial charge >= 0.3 is 0 Å². The van der Waals surface area contributed by atoms with Gasteiger partial charge in [-0.05, 0) is 5.92 Å². The fraction of sp³-hybridized carbons (Fsp3) is 1.00. The SMILES string of the molecule is CC(C)C.[3H]CC.[3H]CC. The van der Waals surface area contributed by atoms with Crippen molar-refractivity contribution in [3.63, 3.8) is 0 Å². The van der Waals surface area contributed by atoms with Gasteiger partial charge in [0, 0.05) is 2.74 Å². The zero-order valence-electron chi connectivity index (χ0n) is 8.99. The van der Waals surface area contributed by atoms with Gasteiger partial charge in [-0.1, -0.05) is 48.4 Å². The van der Waals surface area contributed by atoms with Gasteiger partial charge in [0.1, 0.15) is 0 Å².